The third kappa shape index (κ3) is 55.2. The summed E-state index contributed by atoms with van der Waals surface area (Å²) in [6.07, 6.45) is 128. The lowest BCUT2D eigenvalue weighted by molar-refractivity contribution is -0.0184. The van der Waals surface area contributed by atoms with Crippen molar-refractivity contribution >= 4 is 0 Å². The van der Waals surface area contributed by atoms with E-state index in [-0.39, 0.29) is 0 Å². The normalized spacial score (nSPS) is 35.1. The van der Waals surface area contributed by atoms with Crippen LogP contribution in [-0.4, -0.2) is 0 Å². The summed E-state index contributed by atoms with van der Waals surface area (Å²) in [7, 11) is 0. The van der Waals surface area contributed by atoms with Crippen LogP contribution in [0.4, 0.5) is 0 Å². The van der Waals surface area contributed by atoms with E-state index in [0.29, 0.717) is 0 Å². The van der Waals surface area contributed by atoms with Gasteiger partial charge in [-0.15, -0.1) is 0 Å². The summed E-state index contributed by atoms with van der Waals surface area (Å²) < 4.78 is 0. The summed E-state index contributed by atoms with van der Waals surface area (Å²) in [5.74, 6) is 28.5. The van der Waals surface area contributed by atoms with Gasteiger partial charge in [0.1, 0.15) is 0 Å². The zero-order valence-electron chi connectivity index (χ0n) is 98.5. The molecular weight excluding hydrogens is 1600 g/mol. The molecule has 0 aromatic carbocycles. The van der Waals surface area contributed by atoms with Crippen LogP contribution in [0.25, 0.3) is 0 Å². The summed E-state index contributed by atoms with van der Waals surface area (Å²) >= 11 is 0. The van der Waals surface area contributed by atoms with Crippen molar-refractivity contribution in [1.29, 1.82) is 0 Å². The first-order valence-corrected chi connectivity index (χ1v) is 66.1. The average molecular weight is 1870 g/mol. The molecule has 26 aliphatic carbocycles. The van der Waals surface area contributed by atoms with E-state index in [9.17, 15) is 0 Å². The lowest BCUT2D eigenvalue weighted by atomic mass is 9.54. The minimum absolute atomic E-state index is 1.16. The van der Waals surface area contributed by atoms with Crippen molar-refractivity contribution in [2.24, 2.45) is 142 Å². The Morgan fingerprint density at radius 1 is 0.0827 bits per heavy atom. The lowest BCUT2D eigenvalue weighted by Gasteiger charge is -2.51. The minimum Gasteiger partial charge on any atom is -0.0683 e. The van der Waals surface area contributed by atoms with Crippen LogP contribution in [0.2, 0.25) is 0 Å². The number of fused-ring (bicyclic) bond motifs is 19. The molecule has 14 bridgehead atoms. The molecule has 0 aromatic heterocycles. The fourth-order valence-corrected chi connectivity index (χ4v) is 31.0. The van der Waals surface area contributed by atoms with Crippen LogP contribution in [0.5, 0.6) is 0 Å². The molecule has 800 valence electrons. The molecule has 0 nitrogen and oxygen atoms in total. The topological polar surface area (TPSA) is 0 Å². The Morgan fingerprint density at radius 2 is 0.241 bits per heavy atom. The van der Waals surface area contributed by atoms with Crippen molar-refractivity contribution in [1.82, 2.24) is 0 Å². The molecule has 26 saturated carbocycles. The number of hydrogen-bond acceptors (Lipinski definition) is 0. The van der Waals surface area contributed by atoms with Crippen molar-refractivity contribution in [3.05, 3.63) is 0 Å². The summed E-state index contributed by atoms with van der Waals surface area (Å²) in [6, 6.07) is 0. The highest BCUT2D eigenvalue weighted by Gasteiger charge is 2.59. The zero-order valence-corrected chi connectivity index (χ0v) is 98.5. The van der Waals surface area contributed by atoms with Crippen LogP contribution in [0, 0.1) is 142 Å². The molecule has 12 unspecified atom stereocenters. The van der Waals surface area contributed by atoms with Gasteiger partial charge in [0.05, 0.1) is 0 Å². The van der Waals surface area contributed by atoms with Crippen LogP contribution in [0.15, 0.2) is 0 Å². The van der Waals surface area contributed by atoms with Gasteiger partial charge in [-0.2, -0.15) is 0 Å². The maximum Gasteiger partial charge on any atom is -0.0323 e. The molecule has 0 heterocycles. The molecule has 0 spiro atoms. The van der Waals surface area contributed by atoms with Gasteiger partial charge < -0.3 is 0 Å². The van der Waals surface area contributed by atoms with E-state index in [0.717, 1.165) is 11.8 Å². The van der Waals surface area contributed by atoms with Crippen LogP contribution in [-0.2, 0) is 0 Å². The zero-order chi connectivity index (χ0) is 98.5. The predicted molar refractivity (Wildman–Crippen MR) is 614 cm³/mol. The van der Waals surface area contributed by atoms with Gasteiger partial charge in [0.25, 0.3) is 0 Å². The number of hydrogen-bond donors (Lipinski definition) is 0. The maximum atomic E-state index is 2.00. The summed E-state index contributed by atoms with van der Waals surface area (Å²) in [4.78, 5) is 0. The highest BCUT2D eigenvalue weighted by molar-refractivity contribution is 5.09. The van der Waals surface area contributed by atoms with Crippen LogP contribution in [0.3, 0.4) is 0 Å². The highest BCUT2D eigenvalue weighted by Crippen LogP contribution is 2.68. The second kappa shape index (κ2) is 94.3. The first kappa shape index (κ1) is 133. The fourth-order valence-electron chi connectivity index (χ4n) is 31.0. The van der Waals surface area contributed by atoms with E-state index in [1.165, 1.54) is 419 Å². The monoisotopic (exact) mass is 1870 g/mol. The molecule has 26 fully saturated rings. The van der Waals surface area contributed by atoms with E-state index in [1.54, 1.807) is 244 Å². The molecular formula is C133H268. The molecule has 0 amide bonds. The molecule has 0 saturated heterocycles. The van der Waals surface area contributed by atoms with Gasteiger partial charge in [-0.05, 0) is 303 Å². The highest BCUT2D eigenvalue weighted by atomic mass is 14.6. The molecule has 0 heteroatoms. The Hall–Kier alpha value is 0. The van der Waals surface area contributed by atoms with Gasteiger partial charge in [-0.1, -0.05) is 552 Å². The van der Waals surface area contributed by atoms with E-state index in [1.807, 2.05) is 180 Å². The summed E-state index contributed by atoms with van der Waals surface area (Å²) in [5, 5.41) is 0. The average Bonchev–Trinajstić information content (AvgIpc) is 1.58. The predicted octanol–water partition coefficient (Wildman–Crippen LogP) is 48.7. The largest absolute Gasteiger partial charge is 0.0683 e. The Labute approximate surface area is 849 Å². The van der Waals surface area contributed by atoms with Gasteiger partial charge >= 0.3 is 0 Å². The lowest BCUT2D eigenvalue weighted by Crippen LogP contribution is -2.43. The van der Waals surface area contributed by atoms with Crippen molar-refractivity contribution < 1.29 is 0 Å². The van der Waals surface area contributed by atoms with Crippen molar-refractivity contribution in [2.45, 2.75) is 713 Å². The number of rotatable bonds is 0. The Bertz CT molecular complexity index is 1950. The van der Waals surface area contributed by atoms with Gasteiger partial charge in [0, 0.05) is 0 Å². The SMILES string of the molecule is C1C2CC3CC1CC(C2)C3.C1CC1.C1CC2CC1C1C3CCC(C3)C21.C1CC2CC3CC1C2C3.C1CC2CCC1C2.C1CC2CCC1C2.C1CCC1.C1CCC2C(C1)CCC1C3CCCC3CCC21.C1CCCC1.C1CCCCC1.C1CCCCCC1.C1CCCCCCC1.C1CCCCCCCCCCC1.CC.CC.CC.CC.CC.CC.CC.CC.CC.CC.CC.CC.CC. The van der Waals surface area contributed by atoms with E-state index < -0.39 is 0 Å². The quantitative estimate of drug-likeness (QED) is 0.168. The molecule has 0 N–H and O–H groups in total. The maximum absolute atomic E-state index is 2.00. The third-order valence-corrected chi connectivity index (χ3v) is 36.8. The first-order chi connectivity index (χ1) is 66.1. The van der Waals surface area contributed by atoms with Gasteiger partial charge in [0.2, 0.25) is 0 Å². The Balaban J connectivity index is 0.00000141. The standard InChI is InChI=1S/C17H28.C12H18.C12H24.C10H16.C9H14.C8H16.2C7H12.C7H14.C6H12.C5H10.C4H8.C3H6.13C2H6/c1-2-6-14-12(4-1)8-10-17-15-7-3-5-13(15)9-11-16(14)17;1-2-8-5-7(1)11-9-3-4-10(6-9)12(8)11;1-2-4-6-8-10-12-11-9-7-5-3-1;1-7-2-9-4-8(1)5-10(3-7)6-9;1-2-8-4-6-3-7(1)9(8)5-6;1-2-4-6-8-7-5-3-1;2*1-2-7-4-3-6(1)5-7;1-2-4-6-7-5-3-1;1-2-4-6-5-3-1;1-2-4-5-3-1;1-2-4-3-1;1-2-3-1;13*1-2/h12-17H,1-11H2;7-12H,1-6H2;1-12H2;7-10H,1-6H2;6-9H,1-5H2;1-8H2;2*6-7H,1-5H2;1-7H2;1-6H2;1-5H2;1-4H2;1-3H2;13*1-2H3. The molecule has 0 aliphatic heterocycles. The van der Waals surface area contributed by atoms with Gasteiger partial charge in [0.15, 0.2) is 0 Å². The third-order valence-electron chi connectivity index (χ3n) is 36.8. The van der Waals surface area contributed by atoms with Gasteiger partial charge in [-0.3, -0.25) is 0 Å². The first-order valence-electron chi connectivity index (χ1n) is 66.1. The smallest absolute Gasteiger partial charge is 0.0323 e. The van der Waals surface area contributed by atoms with Crippen LogP contribution in [0.1, 0.15) is 713 Å². The Kier molecular flexibility index (Phi) is 94.3. The Morgan fingerprint density at radius 3 is 0.421 bits per heavy atom. The summed E-state index contributed by atoms with van der Waals surface area (Å²) in [5.41, 5.74) is 0. The van der Waals surface area contributed by atoms with Crippen LogP contribution < -0.4 is 0 Å². The van der Waals surface area contributed by atoms with E-state index in [4.69, 9.17) is 0 Å². The second-order valence-corrected chi connectivity index (χ2v) is 44.7. The van der Waals surface area contributed by atoms with Crippen LogP contribution >= 0.6 is 0 Å². The fraction of sp³-hybridized carbons (Fsp3) is 1.00. The molecule has 0 aromatic rings. The molecule has 0 radical (unpaired) electrons. The minimum atomic E-state index is 1.16. The van der Waals surface area contributed by atoms with Crippen molar-refractivity contribution in [3.63, 3.8) is 0 Å². The van der Waals surface area contributed by atoms with E-state index >= 15 is 0 Å². The van der Waals surface area contributed by atoms with Crippen molar-refractivity contribution in [2.75, 3.05) is 0 Å². The molecule has 133 heavy (non-hydrogen) atoms. The van der Waals surface area contributed by atoms with Gasteiger partial charge in [-0.25, -0.2) is 0 Å². The second-order valence-electron chi connectivity index (χ2n) is 44.7. The molecule has 26 aliphatic rings. The van der Waals surface area contributed by atoms with Crippen molar-refractivity contribution in [3.8, 4) is 0 Å². The molecule has 26 rings (SSSR count). The molecule has 12 atom stereocenters. The summed E-state index contributed by atoms with van der Waals surface area (Å²) in [6.45, 7) is 52.0. The van der Waals surface area contributed by atoms with E-state index in [2.05, 4.69) is 0 Å².